The minimum atomic E-state index is -0.343. The molecule has 0 spiro atoms. The molecule has 3 heteroatoms. The first kappa shape index (κ1) is 11.4. The molecule has 1 N–H and O–H groups in total. The van der Waals surface area contributed by atoms with Crippen LogP contribution in [-0.2, 0) is 4.52 Å². The summed E-state index contributed by atoms with van der Waals surface area (Å²) in [6.45, 7) is 6.77. The van der Waals surface area contributed by atoms with Crippen LogP contribution in [0, 0.1) is 17.8 Å². The van der Waals surface area contributed by atoms with Gasteiger partial charge in [0.2, 0.25) is 0 Å². The third-order valence-electron chi connectivity index (χ3n) is 3.17. The van der Waals surface area contributed by atoms with Gasteiger partial charge in [-0.2, -0.15) is 0 Å². The second-order valence-electron chi connectivity index (χ2n) is 4.57. The Labute approximate surface area is 83.0 Å². The van der Waals surface area contributed by atoms with Crippen molar-refractivity contribution in [2.24, 2.45) is 17.8 Å². The second-order valence-corrected chi connectivity index (χ2v) is 4.99. The highest BCUT2D eigenvalue weighted by molar-refractivity contribution is 7.25. The van der Waals surface area contributed by atoms with Gasteiger partial charge in [-0.15, -0.1) is 0 Å². The van der Waals surface area contributed by atoms with Crippen molar-refractivity contribution in [3.05, 3.63) is 0 Å². The zero-order valence-electron chi connectivity index (χ0n) is 8.79. The first-order valence-electron chi connectivity index (χ1n) is 5.20. The van der Waals surface area contributed by atoms with E-state index in [1.807, 2.05) is 0 Å². The average Bonchev–Trinajstić information content (AvgIpc) is 2.04. The van der Waals surface area contributed by atoms with Crippen LogP contribution in [0.15, 0.2) is 0 Å². The van der Waals surface area contributed by atoms with E-state index in [2.05, 4.69) is 20.8 Å². The predicted octanol–water partition coefficient (Wildman–Crippen LogP) is 2.96. The van der Waals surface area contributed by atoms with Crippen molar-refractivity contribution < 1.29 is 9.42 Å². The van der Waals surface area contributed by atoms with Gasteiger partial charge in [0.05, 0.1) is 6.10 Å². The molecule has 0 bridgehead atoms. The Kier molecular flexibility index (Phi) is 4.64. The molecule has 0 saturated heterocycles. The molecule has 13 heavy (non-hydrogen) atoms. The summed E-state index contributed by atoms with van der Waals surface area (Å²) < 4.78 is 5.41. The number of rotatable bonds is 3. The van der Waals surface area contributed by atoms with E-state index in [4.69, 9.17) is 9.42 Å². The monoisotopic (exact) mass is 204 g/mol. The van der Waals surface area contributed by atoms with Crippen LogP contribution in [-0.4, -0.2) is 11.0 Å². The summed E-state index contributed by atoms with van der Waals surface area (Å²) >= 11 is 0. The molecule has 2 nitrogen and oxygen atoms in total. The fourth-order valence-corrected chi connectivity index (χ4v) is 2.72. The summed E-state index contributed by atoms with van der Waals surface area (Å²) in [4.78, 5) is 8.81. The molecule has 1 rings (SSSR count). The lowest BCUT2D eigenvalue weighted by molar-refractivity contribution is 0.0519. The maximum absolute atomic E-state index is 8.81. The summed E-state index contributed by atoms with van der Waals surface area (Å²) in [6.07, 6.45) is 3.99. The van der Waals surface area contributed by atoms with Gasteiger partial charge in [-0.05, 0) is 30.6 Å². The zero-order chi connectivity index (χ0) is 9.84. The van der Waals surface area contributed by atoms with Crippen molar-refractivity contribution in [2.45, 2.75) is 46.1 Å². The quantitative estimate of drug-likeness (QED) is 0.716. The van der Waals surface area contributed by atoms with E-state index in [9.17, 15) is 0 Å². The van der Waals surface area contributed by atoms with Crippen LogP contribution in [0.2, 0.25) is 0 Å². The summed E-state index contributed by atoms with van der Waals surface area (Å²) in [5.41, 5.74) is 0. The summed E-state index contributed by atoms with van der Waals surface area (Å²) in [7, 11) is -0.343. The minimum Gasteiger partial charge on any atom is -0.352 e. The van der Waals surface area contributed by atoms with E-state index in [1.54, 1.807) is 0 Å². The van der Waals surface area contributed by atoms with Crippen LogP contribution >= 0.6 is 9.03 Å². The molecule has 1 aliphatic rings. The average molecular weight is 204 g/mol. The van der Waals surface area contributed by atoms with Gasteiger partial charge in [0.15, 0.2) is 9.03 Å². The molecule has 0 aromatic carbocycles. The van der Waals surface area contributed by atoms with Crippen LogP contribution in [0.1, 0.15) is 40.0 Å². The molecule has 0 amide bonds. The smallest absolute Gasteiger partial charge is 0.152 e. The van der Waals surface area contributed by atoms with Crippen LogP contribution in [0.25, 0.3) is 0 Å². The van der Waals surface area contributed by atoms with Crippen molar-refractivity contribution in [2.75, 3.05) is 0 Å². The highest BCUT2D eigenvalue weighted by atomic mass is 31.1. The lowest BCUT2D eigenvalue weighted by Gasteiger charge is -2.36. The van der Waals surface area contributed by atoms with Gasteiger partial charge < -0.3 is 9.42 Å². The molecule has 1 saturated carbocycles. The fourth-order valence-electron chi connectivity index (χ4n) is 2.32. The highest BCUT2D eigenvalue weighted by Gasteiger charge is 2.31. The highest BCUT2D eigenvalue weighted by Crippen LogP contribution is 2.37. The SMILES string of the molecule is CC(C)[C@@H]1CC[C@@H](C)C[C@H]1OPO. The standard InChI is InChI=1S/C10H21O2P/c1-7(2)9-5-4-8(3)6-10(9)12-13-11/h7-11,13H,4-6H2,1-3H3/t8-,9+,10-/m1/s1. The number of hydrogen-bond donors (Lipinski definition) is 1. The third kappa shape index (κ3) is 3.19. The van der Waals surface area contributed by atoms with Crippen molar-refractivity contribution in [3.63, 3.8) is 0 Å². The molecule has 1 fully saturated rings. The molecule has 1 aliphatic carbocycles. The van der Waals surface area contributed by atoms with E-state index in [0.29, 0.717) is 17.9 Å². The minimum absolute atomic E-state index is 0.298. The summed E-state index contributed by atoms with van der Waals surface area (Å²) in [5.74, 6) is 2.08. The molecule has 0 aliphatic heterocycles. The normalized spacial score (nSPS) is 36.2. The van der Waals surface area contributed by atoms with E-state index in [1.165, 1.54) is 12.8 Å². The Bertz CT molecular complexity index is 150. The molecule has 0 aromatic heterocycles. The summed E-state index contributed by atoms with van der Waals surface area (Å²) in [6, 6.07) is 0. The molecule has 4 atom stereocenters. The van der Waals surface area contributed by atoms with Crippen LogP contribution < -0.4 is 0 Å². The predicted molar refractivity (Wildman–Crippen MR) is 56.7 cm³/mol. The first-order valence-corrected chi connectivity index (χ1v) is 6.05. The maximum atomic E-state index is 8.81. The van der Waals surface area contributed by atoms with Gasteiger partial charge in [0.1, 0.15) is 0 Å². The van der Waals surface area contributed by atoms with E-state index >= 15 is 0 Å². The molecule has 1 unspecified atom stereocenters. The van der Waals surface area contributed by atoms with Crippen LogP contribution in [0.3, 0.4) is 0 Å². The van der Waals surface area contributed by atoms with E-state index in [0.717, 1.165) is 12.3 Å². The lowest BCUT2D eigenvalue weighted by Crippen LogP contribution is -2.32. The Morgan fingerprint density at radius 1 is 1.38 bits per heavy atom. The van der Waals surface area contributed by atoms with Crippen molar-refractivity contribution in [3.8, 4) is 0 Å². The van der Waals surface area contributed by atoms with Gasteiger partial charge in [0, 0.05) is 0 Å². The van der Waals surface area contributed by atoms with E-state index < -0.39 is 0 Å². The van der Waals surface area contributed by atoms with Crippen LogP contribution in [0.4, 0.5) is 0 Å². The molecule has 0 heterocycles. The van der Waals surface area contributed by atoms with Gasteiger partial charge in [0.25, 0.3) is 0 Å². The van der Waals surface area contributed by atoms with Gasteiger partial charge in [-0.1, -0.05) is 27.2 Å². The van der Waals surface area contributed by atoms with Crippen molar-refractivity contribution >= 4 is 9.03 Å². The molecular formula is C10H21O2P. The van der Waals surface area contributed by atoms with E-state index in [-0.39, 0.29) is 9.03 Å². The maximum Gasteiger partial charge on any atom is 0.152 e. The fraction of sp³-hybridized carbons (Fsp3) is 1.00. The summed E-state index contributed by atoms with van der Waals surface area (Å²) in [5, 5.41) is 0. The zero-order valence-corrected chi connectivity index (χ0v) is 9.79. The Morgan fingerprint density at radius 2 is 2.08 bits per heavy atom. The van der Waals surface area contributed by atoms with Crippen molar-refractivity contribution in [1.29, 1.82) is 0 Å². The Balaban J connectivity index is 2.50. The molecule has 78 valence electrons. The van der Waals surface area contributed by atoms with Crippen LogP contribution in [0.5, 0.6) is 0 Å². The van der Waals surface area contributed by atoms with Gasteiger partial charge in [-0.25, -0.2) is 0 Å². The molecule has 0 aromatic rings. The second kappa shape index (κ2) is 5.29. The Hall–Kier alpha value is 0.350. The largest absolute Gasteiger partial charge is 0.352 e. The van der Waals surface area contributed by atoms with Gasteiger partial charge >= 0.3 is 0 Å². The lowest BCUT2D eigenvalue weighted by atomic mass is 9.75. The number of hydrogen-bond acceptors (Lipinski definition) is 2. The molecular weight excluding hydrogens is 183 g/mol. The molecule has 0 radical (unpaired) electrons. The van der Waals surface area contributed by atoms with Crippen molar-refractivity contribution in [1.82, 2.24) is 0 Å². The third-order valence-corrected chi connectivity index (χ3v) is 3.57. The van der Waals surface area contributed by atoms with Gasteiger partial charge in [-0.3, -0.25) is 0 Å². The Morgan fingerprint density at radius 3 is 2.62 bits per heavy atom. The first-order chi connectivity index (χ1) is 6.15. The topological polar surface area (TPSA) is 29.5 Å².